The van der Waals surface area contributed by atoms with Crippen LogP contribution in [-0.4, -0.2) is 34.0 Å². The number of hydrogen-bond acceptors (Lipinski definition) is 5. The van der Waals surface area contributed by atoms with Gasteiger partial charge in [-0.25, -0.2) is 4.98 Å². The van der Waals surface area contributed by atoms with Crippen molar-refractivity contribution in [2.45, 2.75) is 59.4 Å². The van der Waals surface area contributed by atoms with Crippen molar-refractivity contribution in [3.8, 4) is 0 Å². The number of hydrogen-bond donors (Lipinski definition) is 2. The van der Waals surface area contributed by atoms with Gasteiger partial charge >= 0.3 is 5.97 Å². The second-order valence-electron chi connectivity index (χ2n) is 8.86. The quantitative estimate of drug-likeness (QED) is 0.712. The molecule has 0 saturated carbocycles. The van der Waals surface area contributed by atoms with Crippen LogP contribution in [0.25, 0.3) is 10.9 Å². The zero-order valence-corrected chi connectivity index (χ0v) is 17.2. The Bertz CT molecular complexity index is 910. The van der Waals surface area contributed by atoms with Crippen molar-refractivity contribution < 1.29 is 14.3 Å². The SMILES string of the molecule is CC(C)(C)CC(C)(C)NC(=O)COC(=O)CCc1nc2ccccc2c(=O)[nH]1. The number of aromatic nitrogens is 2. The van der Waals surface area contributed by atoms with E-state index >= 15 is 0 Å². The van der Waals surface area contributed by atoms with E-state index in [-0.39, 0.29) is 36.3 Å². The van der Waals surface area contributed by atoms with Gasteiger partial charge in [-0.1, -0.05) is 32.9 Å². The summed E-state index contributed by atoms with van der Waals surface area (Å²) in [5.41, 5.74) is 0.0116. The van der Waals surface area contributed by atoms with E-state index in [0.717, 1.165) is 6.42 Å². The number of rotatable bonds is 7. The summed E-state index contributed by atoms with van der Waals surface area (Å²) < 4.78 is 5.05. The van der Waals surface area contributed by atoms with Crippen molar-refractivity contribution in [1.82, 2.24) is 15.3 Å². The Labute approximate surface area is 164 Å². The van der Waals surface area contributed by atoms with E-state index in [1.54, 1.807) is 24.3 Å². The van der Waals surface area contributed by atoms with Crippen LogP contribution in [0.1, 0.15) is 53.3 Å². The Hall–Kier alpha value is -2.70. The first-order valence-electron chi connectivity index (χ1n) is 9.40. The van der Waals surface area contributed by atoms with Gasteiger partial charge in [0.15, 0.2) is 6.61 Å². The number of esters is 1. The number of nitrogens with zero attached hydrogens (tertiary/aromatic N) is 1. The molecule has 0 aliphatic heterocycles. The van der Waals surface area contributed by atoms with Gasteiger partial charge in [0, 0.05) is 12.0 Å². The normalized spacial score (nSPS) is 12.0. The van der Waals surface area contributed by atoms with E-state index in [1.807, 2.05) is 13.8 Å². The molecule has 0 aliphatic carbocycles. The molecule has 0 spiro atoms. The molecule has 1 amide bonds. The summed E-state index contributed by atoms with van der Waals surface area (Å²) in [4.78, 5) is 43.0. The van der Waals surface area contributed by atoms with Crippen molar-refractivity contribution in [2.24, 2.45) is 5.41 Å². The average Bonchev–Trinajstić information content (AvgIpc) is 2.55. The number of aromatic amines is 1. The number of carbonyl (C=O) groups excluding carboxylic acids is 2. The molecule has 1 aromatic carbocycles. The molecule has 2 aromatic rings. The summed E-state index contributed by atoms with van der Waals surface area (Å²) in [6, 6.07) is 7.01. The fourth-order valence-corrected chi connectivity index (χ4v) is 3.48. The first kappa shape index (κ1) is 21.6. The monoisotopic (exact) mass is 387 g/mol. The summed E-state index contributed by atoms with van der Waals surface area (Å²) in [6.07, 6.45) is 1.05. The highest BCUT2D eigenvalue weighted by molar-refractivity contribution is 5.81. The van der Waals surface area contributed by atoms with Crippen LogP contribution in [0.4, 0.5) is 0 Å². The molecule has 1 heterocycles. The molecule has 0 unspecified atom stereocenters. The maximum absolute atomic E-state index is 12.1. The molecule has 0 atom stereocenters. The fourth-order valence-electron chi connectivity index (χ4n) is 3.48. The standard InChI is InChI=1S/C21H29N3O4/c1-20(2,3)13-21(4,5)24-17(25)12-28-18(26)11-10-16-22-15-9-7-6-8-14(15)19(27)23-16/h6-9H,10-13H2,1-5H3,(H,24,25)(H,22,23,27). The third-order valence-electron chi connectivity index (χ3n) is 4.04. The zero-order chi connectivity index (χ0) is 20.9. The highest BCUT2D eigenvalue weighted by Gasteiger charge is 2.27. The lowest BCUT2D eigenvalue weighted by molar-refractivity contribution is -0.149. The number of ether oxygens (including phenoxy) is 1. The van der Waals surface area contributed by atoms with Gasteiger partial charge in [0.25, 0.3) is 11.5 Å². The van der Waals surface area contributed by atoms with Crippen LogP contribution < -0.4 is 10.9 Å². The van der Waals surface area contributed by atoms with Gasteiger partial charge in [0.1, 0.15) is 5.82 Å². The van der Waals surface area contributed by atoms with Crippen LogP contribution in [0, 0.1) is 5.41 Å². The molecule has 152 valence electrons. The maximum Gasteiger partial charge on any atom is 0.306 e. The van der Waals surface area contributed by atoms with Crippen molar-refractivity contribution in [2.75, 3.05) is 6.61 Å². The van der Waals surface area contributed by atoms with Crippen LogP contribution in [0.15, 0.2) is 29.1 Å². The minimum atomic E-state index is -0.514. The summed E-state index contributed by atoms with van der Waals surface area (Å²) in [5, 5.41) is 3.40. The highest BCUT2D eigenvalue weighted by Crippen LogP contribution is 2.26. The van der Waals surface area contributed by atoms with E-state index in [0.29, 0.717) is 16.7 Å². The van der Waals surface area contributed by atoms with Gasteiger partial charge in [-0.2, -0.15) is 0 Å². The first-order chi connectivity index (χ1) is 13.0. The van der Waals surface area contributed by atoms with E-state index in [9.17, 15) is 14.4 Å². The van der Waals surface area contributed by atoms with Crippen LogP contribution in [0.2, 0.25) is 0 Å². The van der Waals surface area contributed by atoms with E-state index < -0.39 is 11.5 Å². The Morgan fingerprint density at radius 3 is 2.50 bits per heavy atom. The van der Waals surface area contributed by atoms with Crippen molar-refractivity contribution >= 4 is 22.8 Å². The molecule has 2 N–H and O–H groups in total. The minimum absolute atomic E-state index is 0.0277. The Kier molecular flexibility index (Phi) is 6.59. The smallest absolute Gasteiger partial charge is 0.306 e. The first-order valence-corrected chi connectivity index (χ1v) is 9.40. The fraction of sp³-hybridized carbons (Fsp3) is 0.524. The van der Waals surface area contributed by atoms with E-state index in [2.05, 4.69) is 36.1 Å². The molecule has 0 fully saturated rings. The van der Waals surface area contributed by atoms with Crippen molar-refractivity contribution in [1.29, 1.82) is 0 Å². The average molecular weight is 387 g/mol. The molecular weight excluding hydrogens is 358 g/mol. The van der Waals surface area contributed by atoms with Gasteiger partial charge in [0.2, 0.25) is 0 Å². The van der Waals surface area contributed by atoms with E-state index in [4.69, 9.17) is 4.74 Å². The molecular formula is C21H29N3O4. The Morgan fingerprint density at radius 1 is 1.14 bits per heavy atom. The van der Waals surface area contributed by atoms with Gasteiger partial charge in [-0.05, 0) is 37.8 Å². The topological polar surface area (TPSA) is 101 Å². The molecule has 0 aliphatic rings. The molecule has 2 rings (SSSR count). The molecule has 7 heteroatoms. The molecule has 1 aromatic heterocycles. The number of nitrogens with one attached hydrogen (secondary N) is 2. The van der Waals surface area contributed by atoms with Crippen LogP contribution in [-0.2, 0) is 20.7 Å². The highest BCUT2D eigenvalue weighted by atomic mass is 16.5. The maximum atomic E-state index is 12.1. The zero-order valence-electron chi connectivity index (χ0n) is 17.2. The summed E-state index contributed by atoms with van der Waals surface area (Å²) >= 11 is 0. The molecule has 0 saturated heterocycles. The second kappa shape index (κ2) is 8.54. The predicted molar refractivity (Wildman–Crippen MR) is 108 cm³/mol. The van der Waals surface area contributed by atoms with E-state index in [1.165, 1.54) is 0 Å². The number of para-hydroxylation sites is 1. The van der Waals surface area contributed by atoms with Crippen LogP contribution >= 0.6 is 0 Å². The molecule has 0 bridgehead atoms. The predicted octanol–water partition coefficient (Wildman–Crippen LogP) is 2.73. The third kappa shape index (κ3) is 6.79. The van der Waals surface area contributed by atoms with Gasteiger partial charge in [-0.3, -0.25) is 14.4 Å². The number of aryl methyl sites for hydroxylation is 1. The number of amides is 1. The number of carbonyl (C=O) groups is 2. The lowest BCUT2D eigenvalue weighted by Crippen LogP contribution is -2.47. The van der Waals surface area contributed by atoms with Gasteiger partial charge in [-0.15, -0.1) is 0 Å². The minimum Gasteiger partial charge on any atom is -0.456 e. The van der Waals surface area contributed by atoms with Gasteiger partial charge < -0.3 is 15.0 Å². The number of benzene rings is 1. The number of H-pyrrole nitrogens is 1. The van der Waals surface area contributed by atoms with Crippen LogP contribution in [0.5, 0.6) is 0 Å². The summed E-state index contributed by atoms with van der Waals surface area (Å²) in [7, 11) is 0. The lowest BCUT2D eigenvalue weighted by atomic mass is 9.82. The van der Waals surface area contributed by atoms with Crippen molar-refractivity contribution in [3.05, 3.63) is 40.4 Å². The molecule has 0 radical (unpaired) electrons. The third-order valence-corrected chi connectivity index (χ3v) is 4.04. The molecule has 28 heavy (non-hydrogen) atoms. The van der Waals surface area contributed by atoms with Crippen molar-refractivity contribution in [3.63, 3.8) is 0 Å². The Balaban J connectivity index is 1.83. The van der Waals surface area contributed by atoms with Gasteiger partial charge in [0.05, 0.1) is 17.3 Å². The number of fused-ring (bicyclic) bond motifs is 1. The van der Waals surface area contributed by atoms with Crippen LogP contribution in [0.3, 0.4) is 0 Å². The largest absolute Gasteiger partial charge is 0.456 e. The summed E-state index contributed by atoms with van der Waals surface area (Å²) in [6.45, 7) is 9.87. The lowest BCUT2D eigenvalue weighted by Gasteiger charge is -2.33. The molecule has 7 nitrogen and oxygen atoms in total. The second-order valence-corrected chi connectivity index (χ2v) is 8.86. The summed E-state index contributed by atoms with van der Waals surface area (Å²) in [5.74, 6) is -0.434. The Morgan fingerprint density at radius 2 is 1.82 bits per heavy atom.